The highest BCUT2D eigenvalue weighted by Crippen LogP contribution is 2.54. The van der Waals surface area contributed by atoms with Crippen LogP contribution in [0.5, 0.6) is 23.0 Å². The minimum Gasteiger partial charge on any atom is -0.504 e. The Morgan fingerprint density at radius 3 is 2.22 bits per heavy atom. The monoisotopic (exact) mass is 362 g/mol. The van der Waals surface area contributed by atoms with Gasteiger partial charge in [0.05, 0.1) is 20.1 Å². The van der Waals surface area contributed by atoms with Gasteiger partial charge in [-0.25, -0.2) is 0 Å². The highest BCUT2D eigenvalue weighted by Gasteiger charge is 2.39. The first-order valence-corrected chi connectivity index (χ1v) is 8.90. The molecule has 0 saturated carbocycles. The number of methoxy groups -OCH3 is 2. The van der Waals surface area contributed by atoms with E-state index in [1.165, 1.54) is 0 Å². The van der Waals surface area contributed by atoms with Crippen molar-refractivity contribution in [2.45, 2.75) is 18.9 Å². The number of phenolic OH excluding ortho intramolecular Hbond substituents is 1. The third-order valence-corrected chi connectivity index (χ3v) is 5.21. The van der Waals surface area contributed by atoms with Gasteiger partial charge in [0, 0.05) is 17.2 Å². The maximum Gasteiger partial charge on any atom is 0.164 e. The second-order valence-corrected chi connectivity index (χ2v) is 6.66. The van der Waals surface area contributed by atoms with E-state index in [9.17, 15) is 5.11 Å². The Morgan fingerprint density at radius 2 is 1.59 bits per heavy atom. The molecule has 4 rings (SSSR count). The van der Waals surface area contributed by atoms with E-state index in [0.717, 1.165) is 33.8 Å². The first kappa shape index (κ1) is 17.3. The highest BCUT2D eigenvalue weighted by atomic mass is 16.5. The Morgan fingerprint density at radius 1 is 0.889 bits per heavy atom. The molecule has 0 aromatic heterocycles. The van der Waals surface area contributed by atoms with Crippen LogP contribution in [-0.4, -0.2) is 19.3 Å². The number of benzene rings is 3. The SMILES string of the molecule is COc1ccc([C@@H]2Oc3cc(OC)c(O)c(C)c3[C@@H]2c2ccccc2)cc1. The maximum absolute atomic E-state index is 10.6. The summed E-state index contributed by atoms with van der Waals surface area (Å²) in [5.74, 6) is 2.12. The first-order valence-electron chi connectivity index (χ1n) is 8.90. The first-order chi connectivity index (χ1) is 13.1. The zero-order valence-corrected chi connectivity index (χ0v) is 15.6. The van der Waals surface area contributed by atoms with Crippen LogP contribution in [-0.2, 0) is 0 Å². The van der Waals surface area contributed by atoms with E-state index in [2.05, 4.69) is 12.1 Å². The van der Waals surface area contributed by atoms with E-state index >= 15 is 0 Å². The quantitative estimate of drug-likeness (QED) is 0.711. The van der Waals surface area contributed by atoms with Gasteiger partial charge in [-0.05, 0) is 30.2 Å². The molecular formula is C23H22O4. The smallest absolute Gasteiger partial charge is 0.164 e. The van der Waals surface area contributed by atoms with E-state index in [4.69, 9.17) is 14.2 Å². The molecule has 1 aliphatic heterocycles. The van der Waals surface area contributed by atoms with Gasteiger partial charge >= 0.3 is 0 Å². The molecule has 138 valence electrons. The fourth-order valence-corrected chi connectivity index (χ4v) is 3.81. The van der Waals surface area contributed by atoms with Crippen LogP contribution < -0.4 is 14.2 Å². The topological polar surface area (TPSA) is 47.9 Å². The Balaban J connectivity index is 1.87. The van der Waals surface area contributed by atoms with Gasteiger partial charge in [0.15, 0.2) is 11.5 Å². The standard InChI is InChI=1S/C23H22O4/c1-14-20-18(13-19(26-3)22(14)24)27-23(16-9-11-17(25-2)12-10-16)21(20)15-7-5-4-6-8-15/h4-13,21,23-24H,1-3H3/t21-,23-/m0/s1. The van der Waals surface area contributed by atoms with Crippen LogP contribution in [0.25, 0.3) is 0 Å². The lowest BCUT2D eigenvalue weighted by Gasteiger charge is -2.21. The summed E-state index contributed by atoms with van der Waals surface area (Å²) in [5.41, 5.74) is 3.98. The molecule has 1 heterocycles. The summed E-state index contributed by atoms with van der Waals surface area (Å²) < 4.78 is 17.0. The van der Waals surface area contributed by atoms with Crippen LogP contribution >= 0.6 is 0 Å². The van der Waals surface area contributed by atoms with Crippen molar-refractivity contribution in [2.24, 2.45) is 0 Å². The van der Waals surface area contributed by atoms with Crippen molar-refractivity contribution in [1.29, 1.82) is 0 Å². The lowest BCUT2D eigenvalue weighted by molar-refractivity contribution is 0.221. The van der Waals surface area contributed by atoms with Crippen LogP contribution in [0.2, 0.25) is 0 Å². The average Bonchev–Trinajstić information content (AvgIpc) is 3.11. The van der Waals surface area contributed by atoms with Gasteiger partial charge in [-0.1, -0.05) is 42.5 Å². The molecule has 1 aliphatic rings. The van der Waals surface area contributed by atoms with Crippen molar-refractivity contribution in [3.05, 3.63) is 82.9 Å². The van der Waals surface area contributed by atoms with Gasteiger partial charge in [0.25, 0.3) is 0 Å². The molecule has 1 N–H and O–H groups in total. The summed E-state index contributed by atoms with van der Waals surface area (Å²) in [6.45, 7) is 1.91. The largest absolute Gasteiger partial charge is 0.504 e. The summed E-state index contributed by atoms with van der Waals surface area (Å²) in [5, 5.41) is 10.6. The number of aromatic hydroxyl groups is 1. The van der Waals surface area contributed by atoms with Gasteiger partial charge < -0.3 is 19.3 Å². The van der Waals surface area contributed by atoms with Crippen LogP contribution in [0.15, 0.2) is 60.7 Å². The van der Waals surface area contributed by atoms with Gasteiger partial charge in [0.1, 0.15) is 17.6 Å². The summed E-state index contributed by atoms with van der Waals surface area (Å²) >= 11 is 0. The Bertz CT molecular complexity index is 948. The molecule has 0 fully saturated rings. The van der Waals surface area contributed by atoms with Crippen LogP contribution in [0, 0.1) is 6.92 Å². The summed E-state index contributed by atoms with van der Waals surface area (Å²) in [4.78, 5) is 0. The van der Waals surface area contributed by atoms with E-state index in [1.807, 2.05) is 49.4 Å². The van der Waals surface area contributed by atoms with Gasteiger partial charge in [-0.3, -0.25) is 0 Å². The van der Waals surface area contributed by atoms with Gasteiger partial charge in [-0.15, -0.1) is 0 Å². The molecule has 0 amide bonds. The molecule has 2 atom stereocenters. The number of fused-ring (bicyclic) bond motifs is 1. The normalized spacial score (nSPS) is 17.9. The van der Waals surface area contributed by atoms with Crippen LogP contribution in [0.4, 0.5) is 0 Å². The predicted octanol–water partition coefficient (Wildman–Crippen LogP) is 4.98. The van der Waals surface area contributed by atoms with E-state index < -0.39 is 0 Å². The molecule has 0 saturated heterocycles. The maximum atomic E-state index is 10.6. The molecule has 0 aliphatic carbocycles. The summed E-state index contributed by atoms with van der Waals surface area (Å²) in [7, 11) is 3.20. The lowest BCUT2D eigenvalue weighted by atomic mass is 9.83. The van der Waals surface area contributed by atoms with E-state index in [-0.39, 0.29) is 17.8 Å². The summed E-state index contributed by atoms with van der Waals surface area (Å²) in [6, 6.07) is 20.0. The third kappa shape index (κ3) is 2.87. The molecule has 3 aromatic rings. The molecule has 27 heavy (non-hydrogen) atoms. The number of hydrogen-bond donors (Lipinski definition) is 1. The molecule has 0 bridgehead atoms. The molecule has 4 nitrogen and oxygen atoms in total. The molecule has 3 aromatic carbocycles. The van der Waals surface area contributed by atoms with Crippen molar-refractivity contribution < 1.29 is 19.3 Å². The van der Waals surface area contributed by atoms with Crippen molar-refractivity contribution in [3.8, 4) is 23.0 Å². The van der Waals surface area contributed by atoms with Crippen molar-refractivity contribution in [1.82, 2.24) is 0 Å². The second-order valence-electron chi connectivity index (χ2n) is 6.66. The average molecular weight is 362 g/mol. The zero-order valence-electron chi connectivity index (χ0n) is 15.6. The number of rotatable bonds is 4. The number of phenols is 1. The molecule has 0 radical (unpaired) electrons. The van der Waals surface area contributed by atoms with Crippen LogP contribution in [0.3, 0.4) is 0 Å². The third-order valence-electron chi connectivity index (χ3n) is 5.21. The fourth-order valence-electron chi connectivity index (χ4n) is 3.81. The Hall–Kier alpha value is -3.14. The fraction of sp³-hybridized carbons (Fsp3) is 0.217. The minimum absolute atomic E-state index is 0.0219. The second kappa shape index (κ2) is 6.88. The Kier molecular flexibility index (Phi) is 4.40. The van der Waals surface area contributed by atoms with Gasteiger partial charge in [-0.2, -0.15) is 0 Å². The predicted molar refractivity (Wildman–Crippen MR) is 104 cm³/mol. The zero-order chi connectivity index (χ0) is 19.0. The van der Waals surface area contributed by atoms with Crippen LogP contribution in [0.1, 0.15) is 34.3 Å². The van der Waals surface area contributed by atoms with E-state index in [0.29, 0.717) is 5.75 Å². The number of ether oxygens (including phenoxy) is 3. The summed E-state index contributed by atoms with van der Waals surface area (Å²) in [6.07, 6.45) is -0.196. The minimum atomic E-state index is -0.196. The lowest BCUT2D eigenvalue weighted by Crippen LogP contribution is -2.11. The number of hydrogen-bond acceptors (Lipinski definition) is 4. The van der Waals surface area contributed by atoms with E-state index in [1.54, 1.807) is 20.3 Å². The van der Waals surface area contributed by atoms with Crippen molar-refractivity contribution in [2.75, 3.05) is 14.2 Å². The van der Waals surface area contributed by atoms with Gasteiger partial charge in [0.2, 0.25) is 0 Å². The molecular weight excluding hydrogens is 340 g/mol. The molecule has 0 unspecified atom stereocenters. The van der Waals surface area contributed by atoms with Crippen molar-refractivity contribution in [3.63, 3.8) is 0 Å². The highest BCUT2D eigenvalue weighted by molar-refractivity contribution is 5.62. The molecule has 4 heteroatoms. The Labute approximate surface area is 158 Å². The van der Waals surface area contributed by atoms with Crippen molar-refractivity contribution >= 4 is 0 Å². The molecule has 0 spiro atoms.